The van der Waals surface area contributed by atoms with Crippen LogP contribution in [-0.2, 0) is 0 Å². The molecule has 8 aromatic rings. The van der Waals surface area contributed by atoms with E-state index in [1.54, 1.807) is 0 Å². The van der Waals surface area contributed by atoms with E-state index in [0.717, 1.165) is 50.7 Å². The summed E-state index contributed by atoms with van der Waals surface area (Å²) in [6.45, 7) is 0. The van der Waals surface area contributed by atoms with Gasteiger partial charge in [-0.15, -0.1) is 0 Å². The fraction of sp³-hybridized carbons (Fsp3) is 0. The second kappa shape index (κ2) is 15.3. The largest absolute Gasteiger partial charge is 0.311 e. The minimum Gasteiger partial charge on any atom is -0.311 e. The predicted molar refractivity (Wildman–Crippen MR) is 220 cm³/mol. The lowest BCUT2D eigenvalue weighted by Gasteiger charge is -2.26. The highest BCUT2D eigenvalue weighted by molar-refractivity contribution is 6.13. The van der Waals surface area contributed by atoms with Crippen LogP contribution >= 0.6 is 0 Å². The van der Waals surface area contributed by atoms with E-state index >= 15 is 0 Å². The Labute approximate surface area is 305 Å². The van der Waals surface area contributed by atoms with E-state index < -0.39 is 0 Å². The first-order valence-electron chi connectivity index (χ1n) is 17.5. The highest BCUT2D eigenvalue weighted by Crippen LogP contribution is 2.37. The van der Waals surface area contributed by atoms with Crippen molar-refractivity contribution in [3.63, 3.8) is 0 Å². The predicted octanol–water partition coefficient (Wildman–Crippen LogP) is 13.0. The molecular formula is C49H37N3. The van der Waals surface area contributed by atoms with Crippen LogP contribution in [0, 0.1) is 0 Å². The van der Waals surface area contributed by atoms with Crippen LogP contribution in [0.4, 0.5) is 22.7 Å². The highest BCUT2D eigenvalue weighted by Gasteiger charge is 2.14. The highest BCUT2D eigenvalue weighted by atomic mass is 15.3. The van der Waals surface area contributed by atoms with Gasteiger partial charge >= 0.3 is 0 Å². The number of hydrazone groups is 1. The minimum absolute atomic E-state index is 0.898. The van der Waals surface area contributed by atoms with E-state index in [0.29, 0.717) is 0 Å². The van der Waals surface area contributed by atoms with Gasteiger partial charge in [-0.25, -0.2) is 0 Å². The SMILES string of the molecule is c1ccc(C(=NNc2ccc(-c3ccc(N(c4ccc(-c5ccccc5)cc4)c4ccc(-c5ccccc5)cc4)cc3)cc2)c2ccccc2)cc1. The first-order chi connectivity index (χ1) is 25.8. The van der Waals surface area contributed by atoms with Gasteiger partial charge in [-0.05, 0) is 81.9 Å². The summed E-state index contributed by atoms with van der Waals surface area (Å²) < 4.78 is 0. The lowest BCUT2D eigenvalue weighted by Crippen LogP contribution is -2.09. The maximum Gasteiger partial charge on any atom is 0.0977 e. The first kappa shape index (κ1) is 32.2. The Balaban J connectivity index is 1.06. The van der Waals surface area contributed by atoms with Gasteiger partial charge in [-0.2, -0.15) is 5.10 Å². The molecule has 52 heavy (non-hydrogen) atoms. The van der Waals surface area contributed by atoms with Gasteiger partial charge in [0.1, 0.15) is 0 Å². The third-order valence-corrected chi connectivity index (χ3v) is 9.20. The molecule has 0 saturated carbocycles. The summed E-state index contributed by atoms with van der Waals surface area (Å²) in [6, 6.07) is 76.4. The lowest BCUT2D eigenvalue weighted by molar-refractivity contribution is 1.28. The van der Waals surface area contributed by atoms with Crippen LogP contribution in [0.15, 0.2) is 223 Å². The molecule has 0 saturated heterocycles. The smallest absolute Gasteiger partial charge is 0.0977 e. The van der Waals surface area contributed by atoms with Crippen LogP contribution in [0.1, 0.15) is 11.1 Å². The number of hydrogen-bond acceptors (Lipinski definition) is 3. The molecule has 3 heteroatoms. The van der Waals surface area contributed by atoms with Gasteiger partial charge in [0.15, 0.2) is 0 Å². The Morgan fingerprint density at radius 3 is 0.942 bits per heavy atom. The molecule has 0 aliphatic heterocycles. The summed E-state index contributed by atoms with van der Waals surface area (Å²) in [4.78, 5) is 2.31. The molecule has 0 aliphatic carbocycles. The standard InChI is InChI=1S/C49H37N3/c1-5-13-37(14-6-1)40-23-31-46(32-24-40)52(47-33-25-41(26-34-47)38-15-7-2-8-16-38)48-35-27-42(28-36-48)39-21-29-45(30-22-39)50-51-49(43-17-9-3-10-18-43)44-19-11-4-12-20-44/h1-36,50H. The second-order valence-corrected chi connectivity index (χ2v) is 12.6. The van der Waals surface area contributed by atoms with E-state index in [1.165, 1.54) is 22.3 Å². The number of benzene rings is 8. The molecular weight excluding hydrogens is 631 g/mol. The zero-order valence-corrected chi connectivity index (χ0v) is 28.7. The maximum absolute atomic E-state index is 4.83. The van der Waals surface area contributed by atoms with Crippen LogP contribution in [0.3, 0.4) is 0 Å². The second-order valence-electron chi connectivity index (χ2n) is 12.6. The van der Waals surface area contributed by atoms with E-state index in [2.05, 4.69) is 192 Å². The van der Waals surface area contributed by atoms with Crippen molar-refractivity contribution in [2.75, 3.05) is 10.3 Å². The van der Waals surface area contributed by atoms with Gasteiger partial charge in [0.2, 0.25) is 0 Å². The molecule has 0 amide bonds. The van der Waals surface area contributed by atoms with Crippen LogP contribution in [0.5, 0.6) is 0 Å². The Hall–Kier alpha value is -6.97. The molecule has 0 bridgehead atoms. The normalized spacial score (nSPS) is 10.7. The molecule has 0 aliphatic rings. The zero-order valence-electron chi connectivity index (χ0n) is 28.7. The van der Waals surface area contributed by atoms with Crippen molar-refractivity contribution in [2.45, 2.75) is 0 Å². The number of nitrogens with zero attached hydrogens (tertiary/aromatic N) is 2. The maximum atomic E-state index is 4.83. The van der Waals surface area contributed by atoms with Crippen molar-refractivity contribution in [2.24, 2.45) is 5.10 Å². The van der Waals surface area contributed by atoms with Crippen molar-refractivity contribution in [3.05, 3.63) is 230 Å². The topological polar surface area (TPSA) is 27.6 Å². The lowest BCUT2D eigenvalue weighted by atomic mass is 10.0. The quantitative estimate of drug-likeness (QED) is 0.116. The number of hydrogen-bond donors (Lipinski definition) is 1. The molecule has 8 rings (SSSR count). The average Bonchev–Trinajstić information content (AvgIpc) is 3.23. The van der Waals surface area contributed by atoms with Gasteiger partial charge in [0.25, 0.3) is 0 Å². The molecule has 0 spiro atoms. The van der Waals surface area contributed by atoms with E-state index in [4.69, 9.17) is 5.10 Å². The molecule has 0 aromatic heterocycles. The van der Waals surface area contributed by atoms with Crippen molar-refractivity contribution < 1.29 is 0 Å². The molecule has 0 unspecified atom stereocenters. The summed E-state index contributed by atoms with van der Waals surface area (Å²) in [5, 5.41) is 4.83. The summed E-state index contributed by atoms with van der Waals surface area (Å²) >= 11 is 0. The minimum atomic E-state index is 0.898. The summed E-state index contributed by atoms with van der Waals surface area (Å²) in [7, 11) is 0. The number of nitrogens with one attached hydrogen (secondary N) is 1. The van der Waals surface area contributed by atoms with Crippen molar-refractivity contribution in [1.82, 2.24) is 0 Å². The van der Waals surface area contributed by atoms with Crippen LogP contribution in [-0.4, -0.2) is 5.71 Å². The Morgan fingerprint density at radius 2 is 0.596 bits per heavy atom. The Morgan fingerprint density at radius 1 is 0.308 bits per heavy atom. The van der Waals surface area contributed by atoms with Gasteiger partial charge < -0.3 is 4.90 Å². The van der Waals surface area contributed by atoms with E-state index in [-0.39, 0.29) is 0 Å². The molecule has 0 heterocycles. The summed E-state index contributed by atoms with van der Waals surface area (Å²) in [5.74, 6) is 0. The average molecular weight is 668 g/mol. The van der Waals surface area contributed by atoms with E-state index in [1.807, 2.05) is 36.4 Å². The first-order valence-corrected chi connectivity index (χ1v) is 17.5. The third-order valence-electron chi connectivity index (χ3n) is 9.20. The third kappa shape index (κ3) is 7.30. The molecule has 0 atom stereocenters. The number of anilines is 4. The molecule has 0 fully saturated rings. The van der Waals surface area contributed by atoms with E-state index in [9.17, 15) is 0 Å². The molecule has 248 valence electrons. The van der Waals surface area contributed by atoms with Gasteiger partial charge in [-0.3, -0.25) is 5.43 Å². The van der Waals surface area contributed by atoms with Crippen LogP contribution in [0.25, 0.3) is 33.4 Å². The molecule has 1 N–H and O–H groups in total. The van der Waals surface area contributed by atoms with Gasteiger partial charge in [0.05, 0.1) is 11.4 Å². The van der Waals surface area contributed by atoms with Crippen molar-refractivity contribution in [1.29, 1.82) is 0 Å². The van der Waals surface area contributed by atoms with Crippen molar-refractivity contribution in [3.8, 4) is 33.4 Å². The number of rotatable bonds is 10. The van der Waals surface area contributed by atoms with Crippen molar-refractivity contribution >= 4 is 28.5 Å². The molecule has 8 aromatic carbocycles. The van der Waals surface area contributed by atoms with Gasteiger partial charge in [0, 0.05) is 28.2 Å². The summed E-state index contributed by atoms with van der Waals surface area (Å²) in [5.41, 5.74) is 17.6. The fourth-order valence-corrected chi connectivity index (χ4v) is 6.46. The monoisotopic (exact) mass is 667 g/mol. The van der Waals surface area contributed by atoms with Gasteiger partial charge in [-0.1, -0.05) is 170 Å². The van der Waals surface area contributed by atoms with Crippen LogP contribution < -0.4 is 10.3 Å². The fourth-order valence-electron chi connectivity index (χ4n) is 6.46. The molecule has 0 radical (unpaired) electrons. The summed E-state index contributed by atoms with van der Waals surface area (Å²) in [6.07, 6.45) is 0. The Kier molecular flexibility index (Phi) is 9.48. The Bertz CT molecular complexity index is 2230. The van der Waals surface area contributed by atoms with Crippen LogP contribution in [0.2, 0.25) is 0 Å². The zero-order chi connectivity index (χ0) is 35.0. The molecule has 3 nitrogen and oxygen atoms in total.